The molecular weight excluding hydrogens is 127 g/mol. The number of hydrogen-bond donors (Lipinski definition) is 2. The summed E-state index contributed by atoms with van der Waals surface area (Å²) in [5, 5.41) is 7.88. The van der Waals surface area contributed by atoms with Gasteiger partial charge in [-0.05, 0) is 0 Å². The van der Waals surface area contributed by atoms with Crippen molar-refractivity contribution in [1.29, 1.82) is 0 Å². The molecule has 1 atom stereocenters. The molecule has 0 aromatic rings. The summed E-state index contributed by atoms with van der Waals surface area (Å²) in [7, 11) is 0. The zero-order chi connectivity index (χ0) is 4.99. The van der Waals surface area contributed by atoms with Crippen LogP contribution in [-0.2, 0) is 11.1 Å². The van der Waals surface area contributed by atoms with E-state index in [-0.39, 0.29) is 41.9 Å². The van der Waals surface area contributed by atoms with Crippen molar-refractivity contribution in [2.45, 2.75) is 0 Å². The van der Waals surface area contributed by atoms with E-state index in [0.717, 1.165) is 0 Å². The minimum atomic E-state index is -1.82. The summed E-state index contributed by atoms with van der Waals surface area (Å²) in [5.41, 5.74) is 0. The second-order valence-corrected chi connectivity index (χ2v) is 1.80. The molecule has 0 radical (unpaired) electrons. The van der Waals surface area contributed by atoms with E-state index in [0.29, 0.717) is 0 Å². The van der Waals surface area contributed by atoms with Gasteiger partial charge in [0.15, 0.2) is 11.1 Å². The fourth-order valence-electron chi connectivity index (χ4n) is 0.0781. The van der Waals surface area contributed by atoms with E-state index in [1.807, 2.05) is 0 Å². The SMILES string of the molecule is O=S(O)CCO.[NaH]. The van der Waals surface area contributed by atoms with Crippen molar-refractivity contribution < 1.29 is 13.9 Å². The normalized spacial score (nSPS) is 12.3. The first-order chi connectivity index (χ1) is 2.77. The summed E-state index contributed by atoms with van der Waals surface area (Å²) in [6.45, 7) is -0.219. The van der Waals surface area contributed by atoms with Gasteiger partial charge in [-0.3, -0.25) is 0 Å². The first-order valence-electron chi connectivity index (χ1n) is 1.45. The van der Waals surface area contributed by atoms with Gasteiger partial charge in [0, 0.05) is 0 Å². The predicted octanol–water partition coefficient (Wildman–Crippen LogP) is -1.45. The van der Waals surface area contributed by atoms with E-state index in [9.17, 15) is 4.21 Å². The summed E-state index contributed by atoms with van der Waals surface area (Å²) < 4.78 is 17.4. The van der Waals surface area contributed by atoms with Crippen LogP contribution >= 0.6 is 0 Å². The molecule has 0 aliphatic rings. The Morgan fingerprint density at radius 2 is 2.00 bits per heavy atom. The molecular formula is C2H7NaO3S. The summed E-state index contributed by atoms with van der Waals surface area (Å²) >= 11 is -1.82. The van der Waals surface area contributed by atoms with Crippen molar-refractivity contribution in [2.24, 2.45) is 0 Å². The Bertz CT molecular complexity index is 56.9. The van der Waals surface area contributed by atoms with Gasteiger partial charge in [0.2, 0.25) is 0 Å². The number of aliphatic hydroxyl groups excluding tert-OH is 1. The molecule has 3 nitrogen and oxygen atoms in total. The van der Waals surface area contributed by atoms with Crippen LogP contribution in [-0.4, -0.2) is 55.8 Å². The summed E-state index contributed by atoms with van der Waals surface area (Å²) in [4.78, 5) is 0. The number of hydrogen-bond acceptors (Lipinski definition) is 2. The molecule has 7 heavy (non-hydrogen) atoms. The van der Waals surface area contributed by atoms with Crippen LogP contribution in [0.5, 0.6) is 0 Å². The van der Waals surface area contributed by atoms with E-state index < -0.39 is 11.1 Å². The minimum absolute atomic E-state index is 0. The van der Waals surface area contributed by atoms with E-state index >= 15 is 0 Å². The van der Waals surface area contributed by atoms with Crippen LogP contribution in [0.3, 0.4) is 0 Å². The van der Waals surface area contributed by atoms with Gasteiger partial charge in [-0.25, -0.2) is 4.21 Å². The second kappa shape index (κ2) is 7.07. The van der Waals surface area contributed by atoms with Gasteiger partial charge < -0.3 is 9.66 Å². The summed E-state index contributed by atoms with van der Waals surface area (Å²) in [6, 6.07) is 0. The van der Waals surface area contributed by atoms with Gasteiger partial charge >= 0.3 is 29.6 Å². The molecule has 0 aliphatic heterocycles. The van der Waals surface area contributed by atoms with Crippen LogP contribution < -0.4 is 0 Å². The number of aliphatic hydroxyl groups is 1. The van der Waals surface area contributed by atoms with Crippen LogP contribution in [0.25, 0.3) is 0 Å². The zero-order valence-electron chi connectivity index (χ0n) is 3.13. The number of rotatable bonds is 2. The maximum absolute atomic E-state index is 9.55. The Morgan fingerprint density at radius 1 is 1.57 bits per heavy atom. The van der Waals surface area contributed by atoms with Crippen LogP contribution in [0.4, 0.5) is 0 Å². The van der Waals surface area contributed by atoms with E-state index in [1.54, 1.807) is 0 Å². The molecule has 0 aromatic heterocycles. The van der Waals surface area contributed by atoms with Gasteiger partial charge in [-0.2, -0.15) is 0 Å². The van der Waals surface area contributed by atoms with Gasteiger partial charge in [0.1, 0.15) is 0 Å². The summed E-state index contributed by atoms with van der Waals surface area (Å²) in [5.74, 6) is -0.0417. The Labute approximate surface area is 66.7 Å². The van der Waals surface area contributed by atoms with Crippen LogP contribution in [0.1, 0.15) is 0 Å². The first kappa shape index (κ1) is 10.9. The van der Waals surface area contributed by atoms with Crippen molar-refractivity contribution in [3.63, 3.8) is 0 Å². The van der Waals surface area contributed by atoms with Crippen molar-refractivity contribution in [3.8, 4) is 0 Å². The van der Waals surface area contributed by atoms with E-state index in [4.69, 9.17) is 9.66 Å². The molecule has 0 saturated carbocycles. The van der Waals surface area contributed by atoms with E-state index in [1.165, 1.54) is 0 Å². The van der Waals surface area contributed by atoms with Gasteiger partial charge in [0.25, 0.3) is 0 Å². The van der Waals surface area contributed by atoms with Crippen molar-refractivity contribution in [2.75, 3.05) is 12.4 Å². The molecule has 0 heterocycles. The predicted molar refractivity (Wildman–Crippen MR) is 29.9 cm³/mol. The van der Waals surface area contributed by atoms with Crippen molar-refractivity contribution >= 4 is 40.6 Å². The first-order valence-corrected chi connectivity index (χ1v) is 2.73. The van der Waals surface area contributed by atoms with Crippen LogP contribution in [0.15, 0.2) is 0 Å². The molecule has 40 valence electrons. The van der Waals surface area contributed by atoms with E-state index in [2.05, 4.69) is 0 Å². The topological polar surface area (TPSA) is 57.5 Å². The molecule has 0 amide bonds. The Hall–Kier alpha value is 1.07. The van der Waals surface area contributed by atoms with Crippen molar-refractivity contribution in [3.05, 3.63) is 0 Å². The molecule has 0 spiro atoms. The van der Waals surface area contributed by atoms with Gasteiger partial charge in [-0.1, -0.05) is 0 Å². The Kier molecular flexibility index (Phi) is 11.1. The average molecular weight is 134 g/mol. The van der Waals surface area contributed by atoms with Crippen LogP contribution in [0, 0.1) is 0 Å². The third kappa shape index (κ3) is 11.0. The third-order valence-corrected chi connectivity index (χ3v) is 0.798. The maximum atomic E-state index is 9.55. The molecule has 0 fully saturated rings. The standard InChI is InChI=1S/C2H6O3S.Na.H/c3-1-2-6(4)5;;/h3H,1-2H2,(H,4,5);;. The Morgan fingerprint density at radius 3 is 2.00 bits per heavy atom. The van der Waals surface area contributed by atoms with Gasteiger partial charge in [-0.15, -0.1) is 0 Å². The molecule has 0 aliphatic carbocycles. The quantitative estimate of drug-likeness (QED) is 0.359. The molecule has 5 heteroatoms. The zero-order valence-corrected chi connectivity index (χ0v) is 3.94. The molecule has 0 aromatic carbocycles. The van der Waals surface area contributed by atoms with Gasteiger partial charge in [0.05, 0.1) is 12.4 Å². The second-order valence-electron chi connectivity index (χ2n) is 0.749. The summed E-state index contributed by atoms with van der Waals surface area (Å²) in [6.07, 6.45) is 0. The molecule has 0 saturated heterocycles. The molecule has 2 N–H and O–H groups in total. The monoisotopic (exact) mass is 134 g/mol. The van der Waals surface area contributed by atoms with Crippen LogP contribution in [0.2, 0.25) is 0 Å². The molecule has 0 rings (SSSR count). The Balaban J connectivity index is 0. The van der Waals surface area contributed by atoms with Crippen molar-refractivity contribution in [1.82, 2.24) is 0 Å². The average Bonchev–Trinajstić information content (AvgIpc) is 1.35. The third-order valence-electron chi connectivity index (χ3n) is 0.266. The molecule has 1 unspecified atom stereocenters. The fourth-order valence-corrected chi connectivity index (χ4v) is 0.234. The fraction of sp³-hybridized carbons (Fsp3) is 1.00. The molecule has 0 bridgehead atoms.